The Labute approximate surface area is 119 Å². The number of nitrogens with two attached hydrogens (primary N) is 1. The molecule has 102 valence electrons. The van der Waals surface area contributed by atoms with Crippen molar-refractivity contribution in [3.63, 3.8) is 0 Å². The molecule has 0 fully saturated rings. The lowest BCUT2D eigenvalue weighted by molar-refractivity contribution is 0.601. The van der Waals surface area contributed by atoms with Crippen LogP contribution in [0.15, 0.2) is 40.0 Å². The smallest absolute Gasteiger partial charge is 0.264 e. The van der Waals surface area contributed by atoms with Gasteiger partial charge >= 0.3 is 0 Å². The van der Waals surface area contributed by atoms with Gasteiger partial charge in [0.25, 0.3) is 10.0 Å². The van der Waals surface area contributed by atoms with E-state index in [1.165, 1.54) is 12.4 Å². The maximum atomic E-state index is 12.2. The van der Waals surface area contributed by atoms with E-state index in [0.29, 0.717) is 4.47 Å². The highest BCUT2D eigenvalue weighted by atomic mass is 79.9. The van der Waals surface area contributed by atoms with Crippen molar-refractivity contribution in [3.8, 4) is 0 Å². The number of nitrogens with zero attached hydrogens (tertiary/aromatic N) is 2. The third-order valence-corrected chi connectivity index (χ3v) is 4.54. The first kappa shape index (κ1) is 14.0. The number of anilines is 1. The van der Waals surface area contributed by atoms with E-state index in [2.05, 4.69) is 25.6 Å². The fraction of sp³-hybridized carbons (Fsp3) is 0.182. The van der Waals surface area contributed by atoms with E-state index in [4.69, 9.17) is 5.73 Å². The summed E-state index contributed by atoms with van der Waals surface area (Å²) >= 11 is 3.24. The first-order chi connectivity index (χ1) is 8.94. The number of hydrogen-bond acceptors (Lipinski definition) is 4. The van der Waals surface area contributed by atoms with Crippen molar-refractivity contribution in [1.82, 2.24) is 9.55 Å². The average molecular weight is 345 g/mol. The maximum absolute atomic E-state index is 12.2. The molecule has 0 amide bonds. The van der Waals surface area contributed by atoms with Crippen molar-refractivity contribution >= 4 is 31.8 Å². The molecule has 0 saturated carbocycles. The van der Waals surface area contributed by atoms with Gasteiger partial charge in [-0.15, -0.1) is 0 Å². The summed E-state index contributed by atoms with van der Waals surface area (Å²) in [7, 11) is -1.92. The normalized spacial score (nSPS) is 11.5. The Morgan fingerprint density at radius 2 is 2.26 bits per heavy atom. The molecular formula is C11H13BrN4O2S. The van der Waals surface area contributed by atoms with Crippen molar-refractivity contribution in [3.05, 3.63) is 40.8 Å². The number of hydrogen-bond donors (Lipinski definition) is 2. The zero-order chi connectivity index (χ0) is 14.0. The summed E-state index contributed by atoms with van der Waals surface area (Å²) in [5.74, 6) is 0.251. The molecular weight excluding hydrogens is 332 g/mol. The third-order valence-electron chi connectivity index (χ3n) is 2.59. The van der Waals surface area contributed by atoms with Crippen molar-refractivity contribution in [1.29, 1.82) is 0 Å². The summed E-state index contributed by atoms with van der Waals surface area (Å²) in [5, 5.41) is 0. The van der Waals surface area contributed by atoms with Gasteiger partial charge in [-0.3, -0.25) is 4.72 Å². The Kier molecular flexibility index (Phi) is 3.93. The molecule has 0 spiro atoms. The van der Waals surface area contributed by atoms with Gasteiger partial charge in [-0.1, -0.05) is 0 Å². The van der Waals surface area contributed by atoms with Gasteiger partial charge in [-0.25, -0.2) is 13.4 Å². The molecule has 0 aromatic carbocycles. The van der Waals surface area contributed by atoms with Crippen LogP contribution in [0.2, 0.25) is 0 Å². The van der Waals surface area contributed by atoms with E-state index < -0.39 is 10.0 Å². The van der Waals surface area contributed by atoms with Crippen molar-refractivity contribution in [2.24, 2.45) is 12.8 Å². The van der Waals surface area contributed by atoms with Crippen LogP contribution in [0.5, 0.6) is 0 Å². The number of pyridine rings is 1. The molecule has 3 N–H and O–H groups in total. The SMILES string of the molecule is Cn1cc(S(=O)(=O)Nc2ncccc2Br)cc1CN. The van der Waals surface area contributed by atoms with Crippen molar-refractivity contribution < 1.29 is 8.42 Å². The second kappa shape index (κ2) is 5.32. The van der Waals surface area contributed by atoms with Crippen LogP contribution >= 0.6 is 15.9 Å². The fourth-order valence-corrected chi connectivity index (χ4v) is 3.18. The molecule has 19 heavy (non-hydrogen) atoms. The van der Waals surface area contributed by atoms with E-state index in [1.807, 2.05) is 0 Å². The van der Waals surface area contributed by atoms with E-state index in [0.717, 1.165) is 5.69 Å². The molecule has 0 radical (unpaired) electrons. The fourth-order valence-electron chi connectivity index (χ4n) is 1.57. The third kappa shape index (κ3) is 2.96. The van der Waals surface area contributed by atoms with Crippen LogP contribution in [-0.2, 0) is 23.6 Å². The minimum atomic E-state index is -3.67. The number of aromatic nitrogens is 2. The van der Waals surface area contributed by atoms with Crippen molar-refractivity contribution in [2.45, 2.75) is 11.4 Å². The number of nitrogens with one attached hydrogen (secondary N) is 1. The zero-order valence-corrected chi connectivity index (χ0v) is 12.6. The largest absolute Gasteiger partial charge is 0.352 e. The highest BCUT2D eigenvalue weighted by molar-refractivity contribution is 9.10. The lowest BCUT2D eigenvalue weighted by atomic mass is 10.4. The Hall–Kier alpha value is -1.38. The van der Waals surface area contributed by atoms with E-state index >= 15 is 0 Å². The van der Waals surface area contributed by atoms with Crippen LogP contribution in [0.1, 0.15) is 5.69 Å². The standard InChI is InChI=1S/C11H13BrN4O2S/c1-16-7-9(5-8(16)6-13)19(17,18)15-11-10(12)3-2-4-14-11/h2-5,7H,6,13H2,1H3,(H,14,15). The summed E-state index contributed by atoms with van der Waals surface area (Å²) in [6, 6.07) is 4.96. The molecule has 0 saturated heterocycles. The Morgan fingerprint density at radius 1 is 1.53 bits per heavy atom. The minimum Gasteiger partial charge on any atom is -0.352 e. The molecule has 0 bridgehead atoms. The second-order valence-electron chi connectivity index (χ2n) is 3.92. The molecule has 0 aliphatic carbocycles. The lowest BCUT2D eigenvalue weighted by Gasteiger charge is -2.06. The predicted molar refractivity (Wildman–Crippen MR) is 76.0 cm³/mol. The summed E-state index contributed by atoms with van der Waals surface area (Å²) in [6.45, 7) is 0.277. The summed E-state index contributed by atoms with van der Waals surface area (Å²) in [6.07, 6.45) is 3.03. The van der Waals surface area contributed by atoms with Crippen LogP contribution in [0, 0.1) is 0 Å². The summed E-state index contributed by atoms with van der Waals surface area (Å²) < 4.78 is 29.1. The van der Waals surface area contributed by atoms with Crippen LogP contribution in [-0.4, -0.2) is 18.0 Å². The highest BCUT2D eigenvalue weighted by Gasteiger charge is 2.18. The van der Waals surface area contributed by atoms with Crippen molar-refractivity contribution in [2.75, 3.05) is 4.72 Å². The zero-order valence-electron chi connectivity index (χ0n) is 10.2. The molecule has 0 aliphatic heterocycles. The molecule has 0 aliphatic rings. The van der Waals surface area contributed by atoms with Crippen LogP contribution in [0.25, 0.3) is 0 Å². The quantitative estimate of drug-likeness (QED) is 0.877. The highest BCUT2D eigenvalue weighted by Crippen LogP contribution is 2.22. The first-order valence-corrected chi connectivity index (χ1v) is 7.70. The molecule has 0 unspecified atom stereocenters. The van der Waals surface area contributed by atoms with Gasteiger partial charge in [0.15, 0.2) is 5.82 Å². The first-order valence-electron chi connectivity index (χ1n) is 5.42. The van der Waals surface area contributed by atoms with Gasteiger partial charge in [0.1, 0.15) is 4.90 Å². The van der Waals surface area contributed by atoms with E-state index in [-0.39, 0.29) is 17.3 Å². The van der Waals surface area contributed by atoms with Crippen LogP contribution in [0.3, 0.4) is 0 Å². The lowest BCUT2D eigenvalue weighted by Crippen LogP contribution is -2.13. The number of halogens is 1. The molecule has 2 heterocycles. The van der Waals surface area contributed by atoms with Crippen LogP contribution in [0.4, 0.5) is 5.82 Å². The average Bonchev–Trinajstić information content (AvgIpc) is 2.74. The number of sulfonamides is 1. The Morgan fingerprint density at radius 3 is 2.84 bits per heavy atom. The Bertz CT molecular complexity index is 696. The second-order valence-corrected chi connectivity index (χ2v) is 6.46. The van der Waals surface area contributed by atoms with Gasteiger partial charge in [-0.05, 0) is 34.1 Å². The molecule has 6 nitrogen and oxygen atoms in total. The topological polar surface area (TPSA) is 90.0 Å². The van der Waals surface area contributed by atoms with Gasteiger partial charge in [0, 0.05) is 31.7 Å². The molecule has 2 aromatic heterocycles. The Balaban J connectivity index is 2.35. The molecule has 0 atom stereocenters. The summed E-state index contributed by atoms with van der Waals surface area (Å²) in [4.78, 5) is 4.13. The predicted octanol–water partition coefficient (Wildman–Crippen LogP) is 1.44. The van der Waals surface area contributed by atoms with Gasteiger partial charge in [0.05, 0.1) is 4.47 Å². The molecule has 2 aromatic rings. The van der Waals surface area contributed by atoms with Gasteiger partial charge in [0.2, 0.25) is 0 Å². The maximum Gasteiger partial charge on any atom is 0.264 e. The molecule has 8 heteroatoms. The monoisotopic (exact) mass is 344 g/mol. The number of rotatable bonds is 4. The molecule has 2 rings (SSSR count). The number of aryl methyl sites for hydroxylation is 1. The van der Waals surface area contributed by atoms with Gasteiger partial charge in [-0.2, -0.15) is 0 Å². The van der Waals surface area contributed by atoms with Crippen LogP contribution < -0.4 is 10.5 Å². The minimum absolute atomic E-state index is 0.160. The van der Waals surface area contributed by atoms with E-state index in [9.17, 15) is 8.42 Å². The van der Waals surface area contributed by atoms with E-state index in [1.54, 1.807) is 29.8 Å². The van der Waals surface area contributed by atoms with Gasteiger partial charge < -0.3 is 10.3 Å². The summed E-state index contributed by atoms with van der Waals surface area (Å²) in [5.41, 5.74) is 6.26.